The van der Waals surface area contributed by atoms with E-state index in [0.717, 1.165) is 10.0 Å². The second kappa shape index (κ2) is 8.20. The summed E-state index contributed by atoms with van der Waals surface area (Å²) in [6, 6.07) is 12.0. The van der Waals surface area contributed by atoms with Gasteiger partial charge >= 0.3 is 0 Å². The van der Waals surface area contributed by atoms with Crippen molar-refractivity contribution >= 4 is 56.1 Å². The van der Waals surface area contributed by atoms with Crippen molar-refractivity contribution in [2.45, 2.75) is 5.75 Å². The van der Waals surface area contributed by atoms with Crippen LogP contribution in [0.25, 0.3) is 0 Å². The molecule has 1 aliphatic rings. The lowest BCUT2D eigenvalue weighted by Crippen LogP contribution is -2.32. The van der Waals surface area contributed by atoms with E-state index in [1.165, 1.54) is 30.0 Å². The molecule has 0 aliphatic carbocycles. The Hall–Kier alpha value is -1.90. The van der Waals surface area contributed by atoms with Crippen molar-refractivity contribution in [1.29, 1.82) is 0 Å². The number of rotatable bonds is 4. The number of nitrogens with zero attached hydrogens (tertiary/aromatic N) is 3. The van der Waals surface area contributed by atoms with Gasteiger partial charge < -0.3 is 0 Å². The van der Waals surface area contributed by atoms with E-state index in [-0.39, 0.29) is 22.2 Å². The van der Waals surface area contributed by atoms with Crippen LogP contribution < -0.4 is 0 Å². The molecule has 0 N–H and O–H groups in total. The Labute approximate surface area is 167 Å². The molecule has 2 aromatic carbocycles. The Bertz CT molecular complexity index is 889. The van der Waals surface area contributed by atoms with Gasteiger partial charge in [-0.05, 0) is 29.8 Å². The van der Waals surface area contributed by atoms with Crippen molar-refractivity contribution in [3.63, 3.8) is 0 Å². The van der Waals surface area contributed by atoms with E-state index >= 15 is 0 Å². The first-order chi connectivity index (χ1) is 12.5. The third-order valence-electron chi connectivity index (χ3n) is 3.72. The zero-order chi connectivity index (χ0) is 18.7. The monoisotopic (exact) mass is 453 g/mol. The standard InChI is InChI=1S/C17H13BrClN3O3S/c18-13-4-1-11(2-5-13)10-26-17-20-7-8-21(17)16(23)12-3-6-14(19)15(9-12)22(24)25/h1-6,9H,7-8,10H2. The number of carbonyl (C=O) groups is 1. The maximum absolute atomic E-state index is 12.8. The molecular weight excluding hydrogens is 442 g/mol. The van der Waals surface area contributed by atoms with Gasteiger partial charge in [0, 0.05) is 28.4 Å². The van der Waals surface area contributed by atoms with Gasteiger partial charge in [0.25, 0.3) is 11.6 Å². The second-order valence-corrected chi connectivity index (χ2v) is 7.72. The minimum absolute atomic E-state index is 0.00600. The minimum Gasteiger partial charge on any atom is -0.286 e. The normalized spacial score (nSPS) is 13.6. The third-order valence-corrected chi connectivity index (χ3v) is 5.65. The molecule has 0 atom stereocenters. The number of benzene rings is 2. The van der Waals surface area contributed by atoms with Crippen molar-refractivity contribution < 1.29 is 9.72 Å². The zero-order valence-corrected chi connectivity index (χ0v) is 16.6. The van der Waals surface area contributed by atoms with E-state index in [1.807, 2.05) is 24.3 Å². The van der Waals surface area contributed by atoms with Crippen molar-refractivity contribution in [1.82, 2.24) is 4.90 Å². The molecule has 0 saturated heterocycles. The van der Waals surface area contributed by atoms with E-state index in [1.54, 1.807) is 4.90 Å². The Morgan fingerprint density at radius 3 is 2.73 bits per heavy atom. The summed E-state index contributed by atoms with van der Waals surface area (Å²) in [5.74, 6) is 0.362. The smallest absolute Gasteiger partial charge is 0.286 e. The van der Waals surface area contributed by atoms with E-state index in [4.69, 9.17) is 11.6 Å². The molecule has 0 aromatic heterocycles. The fourth-order valence-corrected chi connectivity index (χ4v) is 3.86. The summed E-state index contributed by atoms with van der Waals surface area (Å²) in [7, 11) is 0. The predicted octanol–water partition coefficient (Wildman–Crippen LogP) is 4.76. The average molecular weight is 455 g/mol. The molecule has 1 heterocycles. The summed E-state index contributed by atoms with van der Waals surface area (Å²) in [4.78, 5) is 29.1. The number of amidine groups is 1. The molecular formula is C17H13BrClN3O3S. The van der Waals surface area contributed by atoms with Crippen LogP contribution in [-0.4, -0.2) is 34.0 Å². The summed E-state index contributed by atoms with van der Waals surface area (Å²) < 4.78 is 1.01. The van der Waals surface area contributed by atoms with Crippen molar-refractivity contribution in [2.75, 3.05) is 13.1 Å². The number of aliphatic imine (C=N–C) groups is 1. The third kappa shape index (κ3) is 4.25. The topological polar surface area (TPSA) is 75.8 Å². The van der Waals surface area contributed by atoms with Gasteiger partial charge in [-0.15, -0.1) is 0 Å². The highest BCUT2D eigenvalue weighted by Crippen LogP contribution is 2.27. The molecule has 9 heteroatoms. The molecule has 1 aliphatic heterocycles. The highest BCUT2D eigenvalue weighted by atomic mass is 79.9. The molecule has 3 rings (SSSR count). The molecule has 0 fully saturated rings. The van der Waals surface area contributed by atoms with Gasteiger partial charge in [0.05, 0.1) is 11.5 Å². The Morgan fingerprint density at radius 1 is 1.31 bits per heavy atom. The van der Waals surface area contributed by atoms with Crippen LogP contribution in [0, 0.1) is 10.1 Å². The number of hydrogen-bond acceptors (Lipinski definition) is 5. The van der Waals surface area contributed by atoms with Gasteiger partial charge in [-0.3, -0.25) is 24.8 Å². The number of carbonyl (C=O) groups excluding carboxylic acids is 1. The lowest BCUT2D eigenvalue weighted by atomic mass is 10.2. The summed E-state index contributed by atoms with van der Waals surface area (Å²) >= 11 is 10.7. The molecule has 0 spiro atoms. The van der Waals surface area contributed by atoms with Crippen LogP contribution in [0.5, 0.6) is 0 Å². The maximum Gasteiger partial charge on any atom is 0.288 e. The number of thioether (sulfide) groups is 1. The molecule has 0 bridgehead atoms. The quantitative estimate of drug-likeness (QED) is 0.493. The molecule has 1 amide bonds. The summed E-state index contributed by atoms with van der Waals surface area (Å²) in [5.41, 5.74) is 1.06. The van der Waals surface area contributed by atoms with Crippen molar-refractivity contribution in [3.05, 3.63) is 73.2 Å². The first-order valence-corrected chi connectivity index (χ1v) is 9.79. The molecule has 0 saturated carbocycles. The van der Waals surface area contributed by atoms with Crippen LogP contribution in [0.15, 0.2) is 51.9 Å². The molecule has 0 radical (unpaired) electrons. The van der Waals surface area contributed by atoms with Gasteiger partial charge in [0.1, 0.15) is 5.02 Å². The van der Waals surface area contributed by atoms with Crippen molar-refractivity contribution in [3.8, 4) is 0 Å². The fourth-order valence-electron chi connectivity index (χ4n) is 2.41. The van der Waals surface area contributed by atoms with Crippen molar-refractivity contribution in [2.24, 2.45) is 4.99 Å². The average Bonchev–Trinajstić information content (AvgIpc) is 3.09. The minimum atomic E-state index is -0.597. The Kier molecular flexibility index (Phi) is 5.95. The number of nitro groups is 1. The van der Waals surface area contributed by atoms with Crippen LogP contribution in [0.4, 0.5) is 5.69 Å². The first-order valence-electron chi connectivity index (χ1n) is 7.63. The SMILES string of the molecule is O=C(c1ccc(Cl)c([N+](=O)[O-])c1)N1CCN=C1SCc1ccc(Br)cc1. The van der Waals surface area contributed by atoms with Gasteiger partial charge in [0.15, 0.2) is 5.17 Å². The highest BCUT2D eigenvalue weighted by molar-refractivity contribution is 9.10. The largest absolute Gasteiger partial charge is 0.288 e. The second-order valence-electron chi connectivity index (χ2n) is 5.46. The number of hydrogen-bond donors (Lipinski definition) is 0. The first kappa shape index (κ1) is 18.9. The highest BCUT2D eigenvalue weighted by Gasteiger charge is 2.27. The number of nitro benzene ring substituents is 1. The van der Waals surface area contributed by atoms with Gasteiger partial charge in [0.2, 0.25) is 0 Å². The number of amides is 1. The van der Waals surface area contributed by atoms with Crippen LogP contribution in [0.1, 0.15) is 15.9 Å². The van der Waals surface area contributed by atoms with E-state index < -0.39 is 4.92 Å². The van der Waals surface area contributed by atoms with Crippen LogP contribution in [-0.2, 0) is 5.75 Å². The Balaban J connectivity index is 1.73. The van der Waals surface area contributed by atoms with E-state index in [2.05, 4.69) is 20.9 Å². The van der Waals surface area contributed by atoms with Gasteiger partial charge in [-0.25, -0.2) is 0 Å². The summed E-state index contributed by atoms with van der Waals surface area (Å²) in [5, 5.41) is 11.7. The fraction of sp³-hybridized carbons (Fsp3) is 0.176. The molecule has 6 nitrogen and oxygen atoms in total. The summed E-state index contributed by atoms with van der Waals surface area (Å²) in [6.07, 6.45) is 0. The van der Waals surface area contributed by atoms with E-state index in [9.17, 15) is 14.9 Å². The maximum atomic E-state index is 12.8. The zero-order valence-electron chi connectivity index (χ0n) is 13.4. The van der Waals surface area contributed by atoms with Crippen LogP contribution >= 0.6 is 39.3 Å². The van der Waals surface area contributed by atoms with Crippen LogP contribution in [0.2, 0.25) is 5.02 Å². The molecule has 134 valence electrons. The number of halogens is 2. The summed E-state index contributed by atoms with van der Waals surface area (Å²) in [6.45, 7) is 0.974. The van der Waals surface area contributed by atoms with Crippen LogP contribution in [0.3, 0.4) is 0 Å². The molecule has 2 aromatic rings. The van der Waals surface area contributed by atoms with E-state index in [0.29, 0.717) is 24.0 Å². The lowest BCUT2D eigenvalue weighted by molar-refractivity contribution is -0.384. The predicted molar refractivity (Wildman–Crippen MR) is 107 cm³/mol. The Morgan fingerprint density at radius 2 is 2.04 bits per heavy atom. The van der Waals surface area contributed by atoms with Gasteiger partial charge in [-0.1, -0.05) is 51.4 Å². The van der Waals surface area contributed by atoms with Gasteiger partial charge in [-0.2, -0.15) is 0 Å². The lowest BCUT2D eigenvalue weighted by Gasteiger charge is -2.18. The molecule has 0 unspecified atom stereocenters. The molecule has 26 heavy (non-hydrogen) atoms.